The number of nitrogens with zero attached hydrogens (tertiary/aromatic N) is 4. The third-order valence-electron chi connectivity index (χ3n) is 4.50. The van der Waals surface area contributed by atoms with Crippen LogP contribution in [0.15, 0.2) is 36.7 Å². The monoisotopic (exact) mass is 349 g/mol. The maximum Gasteiger partial charge on any atom is 0.224 e. The second kappa shape index (κ2) is 6.96. The van der Waals surface area contributed by atoms with E-state index in [0.29, 0.717) is 29.7 Å². The molecule has 0 unspecified atom stereocenters. The molecule has 0 spiro atoms. The van der Waals surface area contributed by atoms with Crippen LogP contribution in [0.1, 0.15) is 42.4 Å². The van der Waals surface area contributed by atoms with Crippen molar-refractivity contribution >= 4 is 5.69 Å². The number of aryl methyl sites for hydroxylation is 2. The normalized spacial score (nSPS) is 10.9. The highest BCUT2D eigenvalue weighted by Gasteiger charge is 2.18. The molecule has 0 saturated carbocycles. The lowest BCUT2D eigenvalue weighted by molar-refractivity contribution is 0.430. The van der Waals surface area contributed by atoms with Crippen molar-refractivity contribution in [1.29, 1.82) is 5.26 Å². The summed E-state index contributed by atoms with van der Waals surface area (Å²) in [5.41, 5.74) is 9.23. The van der Waals surface area contributed by atoms with Gasteiger partial charge in [-0.2, -0.15) is 5.26 Å². The van der Waals surface area contributed by atoms with E-state index in [-0.39, 0.29) is 0 Å². The van der Waals surface area contributed by atoms with Gasteiger partial charge in [0.25, 0.3) is 0 Å². The maximum atomic E-state index is 9.48. The van der Waals surface area contributed by atoms with Crippen LogP contribution in [0.4, 0.5) is 5.69 Å². The van der Waals surface area contributed by atoms with Crippen molar-refractivity contribution in [2.24, 2.45) is 7.05 Å². The topological polar surface area (TPSA) is 81.8 Å². The van der Waals surface area contributed by atoms with Crippen LogP contribution >= 0.6 is 0 Å². The molecule has 26 heavy (non-hydrogen) atoms. The summed E-state index contributed by atoms with van der Waals surface area (Å²) in [4.78, 5) is 4.34. The zero-order valence-electron chi connectivity index (χ0n) is 15.5. The first kappa shape index (κ1) is 17.6. The molecule has 0 bridgehead atoms. The summed E-state index contributed by atoms with van der Waals surface area (Å²) < 4.78 is 9.85. The summed E-state index contributed by atoms with van der Waals surface area (Å²) in [5.74, 6) is 2.42. The third kappa shape index (κ3) is 3.29. The highest BCUT2D eigenvalue weighted by Crippen LogP contribution is 2.34. The van der Waals surface area contributed by atoms with Gasteiger partial charge in [-0.3, -0.25) is 4.57 Å². The number of ether oxygens (including phenoxy) is 1. The van der Waals surface area contributed by atoms with Gasteiger partial charge in [-0.1, -0.05) is 26.0 Å². The second-order valence-corrected chi connectivity index (χ2v) is 6.72. The van der Waals surface area contributed by atoms with E-state index in [4.69, 9.17) is 10.5 Å². The zero-order valence-corrected chi connectivity index (χ0v) is 15.5. The molecule has 0 saturated heterocycles. The molecule has 2 aromatic heterocycles. The van der Waals surface area contributed by atoms with Gasteiger partial charge in [0.15, 0.2) is 0 Å². The van der Waals surface area contributed by atoms with Crippen LogP contribution in [0.3, 0.4) is 0 Å². The van der Waals surface area contributed by atoms with Crippen molar-refractivity contribution in [3.8, 4) is 17.7 Å². The first-order valence-corrected chi connectivity index (χ1v) is 8.54. The number of nitrogen functional groups attached to an aromatic ring is 1. The number of imidazole rings is 1. The van der Waals surface area contributed by atoms with E-state index in [0.717, 1.165) is 17.1 Å². The van der Waals surface area contributed by atoms with E-state index in [1.54, 1.807) is 16.8 Å². The van der Waals surface area contributed by atoms with Gasteiger partial charge in [-0.25, -0.2) is 4.98 Å². The van der Waals surface area contributed by atoms with Gasteiger partial charge < -0.3 is 15.0 Å². The number of hydrogen-bond donors (Lipinski definition) is 1. The Hall–Kier alpha value is -3.20. The predicted octanol–water partition coefficient (Wildman–Crippen LogP) is 3.95. The van der Waals surface area contributed by atoms with Gasteiger partial charge in [-0.05, 0) is 30.0 Å². The molecule has 0 atom stereocenters. The molecule has 2 heterocycles. The fourth-order valence-corrected chi connectivity index (χ4v) is 2.80. The van der Waals surface area contributed by atoms with Crippen molar-refractivity contribution in [3.05, 3.63) is 59.3 Å². The minimum absolute atomic E-state index is 0.393. The van der Waals surface area contributed by atoms with Crippen LogP contribution in [-0.4, -0.2) is 14.1 Å². The molecule has 0 amide bonds. The van der Waals surface area contributed by atoms with Crippen LogP contribution in [-0.2, 0) is 13.6 Å². The summed E-state index contributed by atoms with van der Waals surface area (Å²) in [5, 5.41) is 9.48. The Balaban J connectivity index is 2.03. The van der Waals surface area contributed by atoms with Crippen molar-refractivity contribution in [2.75, 3.05) is 5.73 Å². The average Bonchev–Trinajstić information content (AvgIpc) is 3.14. The van der Waals surface area contributed by atoms with Gasteiger partial charge in [0, 0.05) is 25.5 Å². The Morgan fingerprint density at radius 2 is 2.08 bits per heavy atom. The van der Waals surface area contributed by atoms with Crippen LogP contribution in [0, 0.1) is 18.3 Å². The SMILES string of the molecule is Cc1ccc(C(C)C)cc1Oc1c(N)cc(C#N)n1Cc1nccn1C. The lowest BCUT2D eigenvalue weighted by Gasteiger charge is -2.15. The molecule has 0 radical (unpaired) electrons. The first-order chi connectivity index (χ1) is 12.4. The molecule has 1 aromatic carbocycles. The largest absolute Gasteiger partial charge is 0.438 e. The fraction of sp³-hybridized carbons (Fsp3) is 0.300. The van der Waals surface area contributed by atoms with Crippen LogP contribution in [0.5, 0.6) is 11.6 Å². The molecule has 134 valence electrons. The van der Waals surface area contributed by atoms with E-state index in [1.807, 2.05) is 36.9 Å². The Bertz CT molecular complexity index is 975. The smallest absolute Gasteiger partial charge is 0.224 e. The highest BCUT2D eigenvalue weighted by atomic mass is 16.5. The summed E-state index contributed by atoms with van der Waals surface area (Å²) in [6.45, 7) is 6.68. The van der Waals surface area contributed by atoms with E-state index in [2.05, 4.69) is 31.0 Å². The van der Waals surface area contributed by atoms with Crippen LogP contribution < -0.4 is 10.5 Å². The zero-order chi connectivity index (χ0) is 18.8. The molecule has 2 N–H and O–H groups in total. The number of hydrogen-bond acceptors (Lipinski definition) is 4. The van der Waals surface area contributed by atoms with Gasteiger partial charge in [0.05, 0.1) is 12.2 Å². The minimum atomic E-state index is 0.393. The van der Waals surface area contributed by atoms with Crippen LogP contribution in [0.2, 0.25) is 0 Å². The van der Waals surface area contributed by atoms with Crippen molar-refractivity contribution in [2.45, 2.75) is 33.2 Å². The number of rotatable bonds is 5. The number of anilines is 1. The molecular formula is C20H23N5O. The Morgan fingerprint density at radius 3 is 2.69 bits per heavy atom. The van der Waals surface area contributed by atoms with E-state index in [1.165, 1.54) is 5.56 Å². The molecule has 0 fully saturated rings. The fourth-order valence-electron chi connectivity index (χ4n) is 2.80. The van der Waals surface area contributed by atoms with Gasteiger partial charge in [0.1, 0.15) is 23.3 Å². The Labute approximate surface area is 153 Å². The van der Waals surface area contributed by atoms with E-state index in [9.17, 15) is 5.26 Å². The van der Waals surface area contributed by atoms with Gasteiger partial charge >= 0.3 is 0 Å². The molecule has 0 aliphatic heterocycles. The average molecular weight is 349 g/mol. The van der Waals surface area contributed by atoms with Gasteiger partial charge in [-0.15, -0.1) is 0 Å². The molecule has 0 aliphatic carbocycles. The molecule has 6 nitrogen and oxygen atoms in total. The lowest BCUT2D eigenvalue weighted by Crippen LogP contribution is -2.09. The highest BCUT2D eigenvalue weighted by molar-refractivity contribution is 5.57. The summed E-state index contributed by atoms with van der Waals surface area (Å²) in [6, 6.07) is 10.00. The van der Waals surface area contributed by atoms with Crippen molar-refractivity contribution in [3.63, 3.8) is 0 Å². The predicted molar refractivity (Wildman–Crippen MR) is 101 cm³/mol. The number of aromatic nitrogens is 3. The minimum Gasteiger partial charge on any atom is -0.438 e. The maximum absolute atomic E-state index is 9.48. The third-order valence-corrected chi connectivity index (χ3v) is 4.50. The number of benzene rings is 1. The molecule has 6 heteroatoms. The van der Waals surface area contributed by atoms with Crippen molar-refractivity contribution in [1.82, 2.24) is 14.1 Å². The number of nitrogens with two attached hydrogens (primary N) is 1. The van der Waals surface area contributed by atoms with Crippen molar-refractivity contribution < 1.29 is 4.74 Å². The van der Waals surface area contributed by atoms with Crippen LogP contribution in [0.25, 0.3) is 0 Å². The molecule has 0 aliphatic rings. The molecule has 3 rings (SSSR count). The van der Waals surface area contributed by atoms with E-state index >= 15 is 0 Å². The summed E-state index contributed by atoms with van der Waals surface area (Å²) >= 11 is 0. The van der Waals surface area contributed by atoms with E-state index < -0.39 is 0 Å². The van der Waals surface area contributed by atoms with Gasteiger partial charge in [0.2, 0.25) is 5.88 Å². The summed E-state index contributed by atoms with van der Waals surface area (Å²) in [7, 11) is 1.91. The molecule has 3 aromatic rings. The Morgan fingerprint density at radius 1 is 1.31 bits per heavy atom. The lowest BCUT2D eigenvalue weighted by atomic mass is 10.0. The standard InChI is InChI=1S/C20H23N5O/c1-13(2)15-6-5-14(3)18(9-15)26-20-17(22)10-16(11-21)25(20)12-19-23-7-8-24(19)4/h5-10,13H,12,22H2,1-4H3. The second-order valence-electron chi connectivity index (χ2n) is 6.72. The summed E-state index contributed by atoms with van der Waals surface area (Å²) in [6.07, 6.45) is 3.59. The molecular weight excluding hydrogens is 326 g/mol. The number of nitriles is 1. The Kier molecular flexibility index (Phi) is 4.72. The quantitative estimate of drug-likeness (QED) is 0.756. The first-order valence-electron chi connectivity index (χ1n) is 8.54.